The van der Waals surface area contributed by atoms with Crippen molar-refractivity contribution in [1.82, 2.24) is 15.5 Å². The van der Waals surface area contributed by atoms with Crippen molar-refractivity contribution in [3.8, 4) is 23.0 Å². The highest BCUT2D eigenvalue weighted by atomic mass is 16.7. The van der Waals surface area contributed by atoms with Gasteiger partial charge in [0, 0.05) is 24.1 Å². The molecule has 112 valence electrons. The SMILES string of the molecule is CC(C)(C)NCCc1nnc(-c2ccc3c(c2)OCO3)o1. The van der Waals surface area contributed by atoms with Gasteiger partial charge in [-0.3, -0.25) is 0 Å². The van der Waals surface area contributed by atoms with E-state index in [9.17, 15) is 0 Å². The average molecular weight is 289 g/mol. The van der Waals surface area contributed by atoms with Crippen LogP contribution in [0.4, 0.5) is 0 Å². The minimum absolute atomic E-state index is 0.0835. The smallest absolute Gasteiger partial charge is 0.247 e. The van der Waals surface area contributed by atoms with Crippen molar-refractivity contribution in [1.29, 1.82) is 0 Å². The van der Waals surface area contributed by atoms with Gasteiger partial charge in [0.2, 0.25) is 18.6 Å². The van der Waals surface area contributed by atoms with E-state index < -0.39 is 0 Å². The number of aromatic nitrogens is 2. The molecule has 1 N–H and O–H groups in total. The van der Waals surface area contributed by atoms with Crippen LogP contribution in [0.15, 0.2) is 22.6 Å². The van der Waals surface area contributed by atoms with Crippen LogP contribution in [0.1, 0.15) is 26.7 Å². The third-order valence-corrected chi connectivity index (χ3v) is 3.08. The van der Waals surface area contributed by atoms with Crippen LogP contribution in [-0.2, 0) is 6.42 Å². The van der Waals surface area contributed by atoms with Crippen molar-refractivity contribution in [2.24, 2.45) is 0 Å². The summed E-state index contributed by atoms with van der Waals surface area (Å²) in [6.07, 6.45) is 0.703. The van der Waals surface area contributed by atoms with E-state index in [1.54, 1.807) is 0 Å². The summed E-state index contributed by atoms with van der Waals surface area (Å²) in [6.45, 7) is 7.43. The summed E-state index contributed by atoms with van der Waals surface area (Å²) in [7, 11) is 0. The molecule has 1 aromatic heterocycles. The molecule has 6 nitrogen and oxygen atoms in total. The van der Waals surface area contributed by atoms with Gasteiger partial charge in [0.25, 0.3) is 0 Å². The van der Waals surface area contributed by atoms with E-state index in [2.05, 4.69) is 36.3 Å². The monoisotopic (exact) mass is 289 g/mol. The van der Waals surface area contributed by atoms with Crippen molar-refractivity contribution in [2.75, 3.05) is 13.3 Å². The van der Waals surface area contributed by atoms with Gasteiger partial charge in [-0.25, -0.2) is 0 Å². The Morgan fingerprint density at radius 1 is 1.14 bits per heavy atom. The van der Waals surface area contributed by atoms with Gasteiger partial charge in [-0.05, 0) is 39.0 Å². The Labute approximate surface area is 123 Å². The molecular weight excluding hydrogens is 270 g/mol. The van der Waals surface area contributed by atoms with E-state index >= 15 is 0 Å². The molecule has 2 heterocycles. The summed E-state index contributed by atoms with van der Waals surface area (Å²) >= 11 is 0. The summed E-state index contributed by atoms with van der Waals surface area (Å²) in [5, 5.41) is 11.6. The average Bonchev–Trinajstić information content (AvgIpc) is 3.04. The fourth-order valence-electron chi connectivity index (χ4n) is 2.05. The van der Waals surface area contributed by atoms with Crippen molar-refractivity contribution in [3.05, 3.63) is 24.1 Å². The van der Waals surface area contributed by atoms with E-state index in [1.165, 1.54) is 0 Å². The molecule has 3 rings (SSSR count). The standard InChI is InChI=1S/C15H19N3O3/c1-15(2,3)16-7-6-13-17-18-14(21-13)10-4-5-11-12(8-10)20-9-19-11/h4-5,8,16H,6-7,9H2,1-3H3. The second kappa shape index (κ2) is 5.37. The normalized spacial score (nSPS) is 13.7. The van der Waals surface area contributed by atoms with E-state index in [-0.39, 0.29) is 12.3 Å². The molecule has 0 saturated heterocycles. The molecule has 0 unspecified atom stereocenters. The van der Waals surface area contributed by atoms with Crippen LogP contribution in [0.2, 0.25) is 0 Å². The minimum Gasteiger partial charge on any atom is -0.454 e. The first-order valence-corrected chi connectivity index (χ1v) is 6.99. The van der Waals surface area contributed by atoms with E-state index in [4.69, 9.17) is 13.9 Å². The van der Waals surface area contributed by atoms with Crippen molar-refractivity contribution in [2.45, 2.75) is 32.7 Å². The van der Waals surface area contributed by atoms with Gasteiger partial charge in [-0.15, -0.1) is 10.2 Å². The summed E-state index contributed by atoms with van der Waals surface area (Å²) in [6, 6.07) is 5.59. The molecule has 6 heteroatoms. The maximum absolute atomic E-state index is 5.69. The fraction of sp³-hybridized carbons (Fsp3) is 0.467. The van der Waals surface area contributed by atoms with Gasteiger partial charge in [-0.1, -0.05) is 0 Å². The van der Waals surface area contributed by atoms with Crippen LogP contribution in [0.3, 0.4) is 0 Å². The Morgan fingerprint density at radius 2 is 1.95 bits per heavy atom. The second-order valence-electron chi connectivity index (χ2n) is 6.00. The van der Waals surface area contributed by atoms with Crippen LogP contribution in [-0.4, -0.2) is 29.1 Å². The third-order valence-electron chi connectivity index (χ3n) is 3.08. The number of rotatable bonds is 4. The lowest BCUT2D eigenvalue weighted by molar-refractivity contribution is 0.174. The van der Waals surface area contributed by atoms with Gasteiger partial charge in [0.1, 0.15) is 0 Å². The Hall–Kier alpha value is -2.08. The van der Waals surface area contributed by atoms with E-state index in [0.29, 0.717) is 24.0 Å². The largest absolute Gasteiger partial charge is 0.454 e. The van der Waals surface area contributed by atoms with Crippen LogP contribution in [0.25, 0.3) is 11.5 Å². The van der Waals surface area contributed by atoms with Crippen molar-refractivity contribution < 1.29 is 13.9 Å². The fourth-order valence-corrected chi connectivity index (χ4v) is 2.05. The van der Waals surface area contributed by atoms with Crippen LogP contribution >= 0.6 is 0 Å². The highest BCUT2D eigenvalue weighted by molar-refractivity contribution is 5.60. The molecule has 2 aromatic rings. The second-order valence-corrected chi connectivity index (χ2v) is 6.00. The Bertz CT molecular complexity index is 631. The van der Waals surface area contributed by atoms with Crippen molar-refractivity contribution in [3.63, 3.8) is 0 Å². The molecule has 0 bridgehead atoms. The van der Waals surface area contributed by atoms with Gasteiger partial charge in [0.15, 0.2) is 11.5 Å². The molecule has 1 aliphatic heterocycles. The minimum atomic E-state index is 0.0835. The number of hydrogen-bond donors (Lipinski definition) is 1. The number of hydrogen-bond acceptors (Lipinski definition) is 6. The zero-order chi connectivity index (χ0) is 14.9. The number of nitrogens with zero attached hydrogens (tertiary/aromatic N) is 2. The van der Waals surface area contributed by atoms with Gasteiger partial charge < -0.3 is 19.2 Å². The topological polar surface area (TPSA) is 69.4 Å². The van der Waals surface area contributed by atoms with E-state index in [1.807, 2.05) is 18.2 Å². The van der Waals surface area contributed by atoms with Crippen molar-refractivity contribution >= 4 is 0 Å². The Balaban J connectivity index is 1.67. The molecule has 21 heavy (non-hydrogen) atoms. The van der Waals surface area contributed by atoms with Gasteiger partial charge in [0.05, 0.1) is 0 Å². The highest BCUT2D eigenvalue weighted by Gasteiger charge is 2.17. The lowest BCUT2D eigenvalue weighted by Crippen LogP contribution is -2.37. The number of benzene rings is 1. The first kappa shape index (κ1) is 13.9. The number of nitrogens with one attached hydrogen (secondary N) is 1. The Kier molecular flexibility index (Phi) is 3.55. The first-order valence-electron chi connectivity index (χ1n) is 6.99. The molecular formula is C15H19N3O3. The predicted octanol–water partition coefficient (Wildman–Crippen LogP) is 2.40. The maximum atomic E-state index is 5.69. The van der Waals surface area contributed by atoms with E-state index in [0.717, 1.165) is 17.9 Å². The maximum Gasteiger partial charge on any atom is 0.247 e. The zero-order valence-electron chi connectivity index (χ0n) is 12.5. The third kappa shape index (κ3) is 3.33. The summed E-state index contributed by atoms with van der Waals surface area (Å²) in [5.41, 5.74) is 0.918. The highest BCUT2D eigenvalue weighted by Crippen LogP contribution is 2.35. The molecule has 0 fully saturated rings. The van der Waals surface area contributed by atoms with Crippen LogP contribution < -0.4 is 14.8 Å². The molecule has 0 saturated carbocycles. The van der Waals surface area contributed by atoms with Crippen LogP contribution in [0.5, 0.6) is 11.5 Å². The first-order chi connectivity index (χ1) is 10.0. The van der Waals surface area contributed by atoms with Gasteiger partial charge in [-0.2, -0.15) is 0 Å². The Morgan fingerprint density at radius 3 is 2.76 bits per heavy atom. The molecule has 0 atom stereocenters. The number of fused-ring (bicyclic) bond motifs is 1. The lowest BCUT2D eigenvalue weighted by Gasteiger charge is -2.19. The predicted molar refractivity (Wildman–Crippen MR) is 77.3 cm³/mol. The number of ether oxygens (including phenoxy) is 2. The summed E-state index contributed by atoms with van der Waals surface area (Å²) in [4.78, 5) is 0. The summed E-state index contributed by atoms with van der Waals surface area (Å²) in [5.74, 6) is 2.58. The van der Waals surface area contributed by atoms with Gasteiger partial charge >= 0.3 is 0 Å². The lowest BCUT2D eigenvalue weighted by atomic mass is 10.1. The zero-order valence-corrected chi connectivity index (χ0v) is 12.5. The molecule has 1 aromatic carbocycles. The van der Waals surface area contributed by atoms with Crippen LogP contribution in [0, 0.1) is 0 Å². The molecule has 0 radical (unpaired) electrons. The summed E-state index contributed by atoms with van der Waals surface area (Å²) < 4.78 is 16.3. The molecule has 0 amide bonds. The molecule has 1 aliphatic rings. The molecule has 0 spiro atoms. The molecule has 0 aliphatic carbocycles. The quantitative estimate of drug-likeness (QED) is 0.932.